The van der Waals surface area contributed by atoms with E-state index in [4.69, 9.17) is 10.5 Å². The van der Waals surface area contributed by atoms with E-state index in [2.05, 4.69) is 11.8 Å². The van der Waals surface area contributed by atoms with Crippen LogP contribution in [-0.4, -0.2) is 66.7 Å². The van der Waals surface area contributed by atoms with Crippen molar-refractivity contribution in [3.8, 4) is 0 Å². The average Bonchev–Trinajstić information content (AvgIpc) is 2.32. The number of amides is 1. The summed E-state index contributed by atoms with van der Waals surface area (Å²) >= 11 is 0. The molecule has 1 amide bonds. The normalized spacial score (nSPS) is 34.6. The van der Waals surface area contributed by atoms with Gasteiger partial charge in [-0.1, -0.05) is 0 Å². The van der Waals surface area contributed by atoms with Crippen LogP contribution in [0, 0.1) is 0 Å². The first kappa shape index (κ1) is 13.8. The van der Waals surface area contributed by atoms with Gasteiger partial charge < -0.3 is 15.4 Å². The predicted octanol–water partition coefficient (Wildman–Crippen LogP) is 0.0453. The molecular formula is C13H25N3O2. The van der Waals surface area contributed by atoms with Gasteiger partial charge in [0.05, 0.1) is 19.3 Å². The molecule has 0 spiro atoms. The van der Waals surface area contributed by atoms with Gasteiger partial charge in [0.25, 0.3) is 0 Å². The minimum atomic E-state index is 0.162. The van der Waals surface area contributed by atoms with Gasteiger partial charge in [0.1, 0.15) is 0 Å². The number of nitrogens with two attached hydrogens (primary N) is 1. The average molecular weight is 255 g/mol. The summed E-state index contributed by atoms with van der Waals surface area (Å²) in [6.45, 7) is 7.75. The number of hydrogen-bond donors (Lipinski definition) is 1. The smallest absolute Gasteiger partial charge is 0.236 e. The minimum absolute atomic E-state index is 0.162. The molecule has 5 heteroatoms. The van der Waals surface area contributed by atoms with E-state index >= 15 is 0 Å². The zero-order valence-electron chi connectivity index (χ0n) is 11.5. The van der Waals surface area contributed by atoms with Gasteiger partial charge in [-0.05, 0) is 26.7 Å². The Balaban J connectivity index is 1.83. The van der Waals surface area contributed by atoms with Gasteiger partial charge in [0.15, 0.2) is 0 Å². The molecule has 0 radical (unpaired) electrons. The fourth-order valence-corrected chi connectivity index (χ4v) is 2.81. The fraction of sp³-hybridized carbons (Fsp3) is 0.923. The van der Waals surface area contributed by atoms with Gasteiger partial charge >= 0.3 is 0 Å². The van der Waals surface area contributed by atoms with Crippen LogP contribution in [0.1, 0.15) is 26.7 Å². The third-order valence-electron chi connectivity index (χ3n) is 3.99. The van der Waals surface area contributed by atoms with Crippen molar-refractivity contribution in [2.75, 3.05) is 32.8 Å². The molecule has 2 fully saturated rings. The van der Waals surface area contributed by atoms with E-state index in [1.54, 1.807) is 0 Å². The van der Waals surface area contributed by atoms with Crippen LogP contribution in [0.2, 0.25) is 0 Å². The number of morpholine rings is 1. The lowest BCUT2D eigenvalue weighted by molar-refractivity contribution is -0.140. The van der Waals surface area contributed by atoms with Crippen LogP contribution in [0.3, 0.4) is 0 Å². The molecule has 2 saturated heterocycles. The second-order valence-electron chi connectivity index (χ2n) is 5.63. The fourth-order valence-electron chi connectivity index (χ4n) is 2.81. The highest BCUT2D eigenvalue weighted by Gasteiger charge is 2.28. The molecular weight excluding hydrogens is 230 g/mol. The largest absolute Gasteiger partial charge is 0.375 e. The van der Waals surface area contributed by atoms with E-state index < -0.39 is 0 Å². The molecule has 0 aromatic heterocycles. The second-order valence-corrected chi connectivity index (χ2v) is 5.63. The second kappa shape index (κ2) is 5.99. The van der Waals surface area contributed by atoms with E-state index in [1.807, 2.05) is 11.8 Å². The lowest BCUT2D eigenvalue weighted by Crippen LogP contribution is -2.52. The first-order valence-corrected chi connectivity index (χ1v) is 6.95. The quantitative estimate of drug-likeness (QED) is 0.757. The zero-order chi connectivity index (χ0) is 13.1. The number of rotatable bonds is 2. The molecule has 0 aromatic rings. The van der Waals surface area contributed by atoms with Gasteiger partial charge in [-0.2, -0.15) is 0 Å². The molecule has 2 rings (SSSR count). The molecule has 2 N–H and O–H groups in total. The standard InChI is InChI=1S/C13H25N3O2/c1-10-7-12(14)3-4-15(10)9-13(17)16-5-6-18-11(2)8-16/h10-12H,3-9,14H2,1-2H3. The number of nitrogens with zero attached hydrogens (tertiary/aromatic N) is 2. The van der Waals surface area contributed by atoms with Crippen LogP contribution in [0.5, 0.6) is 0 Å². The van der Waals surface area contributed by atoms with Gasteiger partial charge in [-0.3, -0.25) is 9.69 Å². The summed E-state index contributed by atoms with van der Waals surface area (Å²) in [4.78, 5) is 16.4. The molecule has 0 saturated carbocycles. The highest BCUT2D eigenvalue weighted by atomic mass is 16.5. The van der Waals surface area contributed by atoms with E-state index in [1.165, 1.54) is 0 Å². The van der Waals surface area contributed by atoms with Crippen molar-refractivity contribution in [3.63, 3.8) is 0 Å². The summed E-state index contributed by atoms with van der Waals surface area (Å²) in [5.74, 6) is 0.229. The summed E-state index contributed by atoms with van der Waals surface area (Å²) in [6.07, 6.45) is 2.15. The Kier molecular flexibility index (Phi) is 4.59. The van der Waals surface area contributed by atoms with Crippen molar-refractivity contribution in [3.05, 3.63) is 0 Å². The Morgan fingerprint density at radius 1 is 1.39 bits per heavy atom. The van der Waals surface area contributed by atoms with Crippen molar-refractivity contribution in [1.82, 2.24) is 9.80 Å². The monoisotopic (exact) mass is 255 g/mol. The Labute approximate surface area is 109 Å². The molecule has 104 valence electrons. The maximum absolute atomic E-state index is 12.2. The molecule has 3 unspecified atom stereocenters. The van der Waals surface area contributed by atoms with E-state index in [0.29, 0.717) is 25.2 Å². The highest BCUT2D eigenvalue weighted by Crippen LogP contribution is 2.16. The van der Waals surface area contributed by atoms with Crippen LogP contribution >= 0.6 is 0 Å². The van der Waals surface area contributed by atoms with Gasteiger partial charge in [-0.25, -0.2) is 0 Å². The Morgan fingerprint density at radius 3 is 2.83 bits per heavy atom. The van der Waals surface area contributed by atoms with Crippen LogP contribution < -0.4 is 5.73 Å². The van der Waals surface area contributed by atoms with E-state index in [-0.39, 0.29) is 12.0 Å². The number of ether oxygens (including phenoxy) is 1. The van der Waals surface area contributed by atoms with Crippen molar-refractivity contribution in [2.24, 2.45) is 5.73 Å². The number of likely N-dealkylation sites (tertiary alicyclic amines) is 1. The third-order valence-corrected chi connectivity index (χ3v) is 3.99. The predicted molar refractivity (Wildman–Crippen MR) is 70.2 cm³/mol. The maximum atomic E-state index is 12.2. The van der Waals surface area contributed by atoms with Crippen molar-refractivity contribution in [2.45, 2.75) is 44.9 Å². The number of carbonyl (C=O) groups is 1. The molecule has 0 bridgehead atoms. The Morgan fingerprint density at radius 2 is 2.17 bits per heavy atom. The van der Waals surface area contributed by atoms with Crippen molar-refractivity contribution in [1.29, 1.82) is 0 Å². The van der Waals surface area contributed by atoms with Crippen LogP contribution in [0.15, 0.2) is 0 Å². The van der Waals surface area contributed by atoms with Gasteiger partial charge in [-0.15, -0.1) is 0 Å². The lowest BCUT2D eigenvalue weighted by atomic mass is 9.99. The third kappa shape index (κ3) is 3.43. The highest BCUT2D eigenvalue weighted by molar-refractivity contribution is 5.78. The summed E-state index contributed by atoms with van der Waals surface area (Å²) in [5.41, 5.74) is 5.94. The van der Waals surface area contributed by atoms with Gasteiger partial charge in [0, 0.05) is 31.7 Å². The lowest BCUT2D eigenvalue weighted by Gasteiger charge is -2.38. The summed E-state index contributed by atoms with van der Waals surface area (Å²) in [7, 11) is 0. The molecule has 3 atom stereocenters. The van der Waals surface area contributed by atoms with Crippen LogP contribution in [-0.2, 0) is 9.53 Å². The van der Waals surface area contributed by atoms with Gasteiger partial charge in [0.2, 0.25) is 5.91 Å². The molecule has 0 aliphatic carbocycles. The molecule has 2 aliphatic rings. The maximum Gasteiger partial charge on any atom is 0.236 e. The minimum Gasteiger partial charge on any atom is -0.375 e. The Hall–Kier alpha value is -0.650. The number of carbonyl (C=O) groups excluding carboxylic acids is 1. The van der Waals surface area contributed by atoms with Crippen LogP contribution in [0.25, 0.3) is 0 Å². The van der Waals surface area contributed by atoms with E-state index in [9.17, 15) is 4.79 Å². The summed E-state index contributed by atoms with van der Waals surface area (Å²) in [6, 6.07) is 0.714. The van der Waals surface area contributed by atoms with Crippen molar-refractivity contribution >= 4 is 5.91 Å². The molecule has 0 aromatic carbocycles. The van der Waals surface area contributed by atoms with E-state index in [0.717, 1.165) is 32.5 Å². The molecule has 2 heterocycles. The summed E-state index contributed by atoms with van der Waals surface area (Å²) < 4.78 is 5.46. The Bertz CT molecular complexity index is 298. The molecule has 5 nitrogen and oxygen atoms in total. The van der Waals surface area contributed by atoms with Crippen molar-refractivity contribution < 1.29 is 9.53 Å². The molecule has 18 heavy (non-hydrogen) atoms. The first-order chi connectivity index (χ1) is 8.56. The number of piperidine rings is 1. The zero-order valence-corrected chi connectivity index (χ0v) is 11.5. The van der Waals surface area contributed by atoms with Crippen LogP contribution in [0.4, 0.5) is 0 Å². The molecule has 2 aliphatic heterocycles. The number of hydrogen-bond acceptors (Lipinski definition) is 4. The first-order valence-electron chi connectivity index (χ1n) is 6.95. The SMILES string of the molecule is CC1CN(C(=O)CN2CCC(N)CC2C)CCO1. The summed E-state index contributed by atoms with van der Waals surface area (Å²) in [5, 5.41) is 0. The topological polar surface area (TPSA) is 58.8 Å².